The van der Waals surface area contributed by atoms with Gasteiger partial charge in [-0.05, 0) is 48.2 Å². The minimum atomic E-state index is -0.500. The summed E-state index contributed by atoms with van der Waals surface area (Å²) in [6, 6.07) is 14.4. The monoisotopic (exact) mass is 474 g/mol. The van der Waals surface area contributed by atoms with Gasteiger partial charge in [0, 0.05) is 23.1 Å². The number of carbonyl (C=O) groups is 2. The fraction of sp³-hybridized carbons (Fsp3) is 0.417. The number of halogens is 2. The second-order valence-corrected chi connectivity index (χ2v) is 9.07. The zero-order valence-corrected chi connectivity index (χ0v) is 19.9. The standard InChI is InChI=1S/C24H28Cl2N4O2/c1-3-5-15-27-21(17-7-11-19(25)12-8-17)29-24(32)28(16-6-4-2)22(30(29)23(27)31)18-9-13-20(26)14-10-18/h7-14,21-22H,3-6,15-16H2,1-2H3/t21-,22+. The minimum Gasteiger partial charge on any atom is -0.297 e. The number of unbranched alkanes of at least 4 members (excludes halogenated alkanes) is 2. The fourth-order valence-corrected chi connectivity index (χ4v) is 4.62. The van der Waals surface area contributed by atoms with E-state index in [-0.39, 0.29) is 12.1 Å². The van der Waals surface area contributed by atoms with Crippen LogP contribution in [0.3, 0.4) is 0 Å². The van der Waals surface area contributed by atoms with Crippen LogP contribution in [-0.2, 0) is 0 Å². The van der Waals surface area contributed by atoms with E-state index < -0.39 is 12.3 Å². The van der Waals surface area contributed by atoms with E-state index in [4.69, 9.17) is 23.2 Å². The van der Waals surface area contributed by atoms with Crippen LogP contribution in [0.25, 0.3) is 0 Å². The summed E-state index contributed by atoms with van der Waals surface area (Å²) in [6.45, 7) is 5.33. The van der Waals surface area contributed by atoms with E-state index >= 15 is 0 Å². The van der Waals surface area contributed by atoms with Crippen LogP contribution in [0.4, 0.5) is 9.59 Å². The summed E-state index contributed by atoms with van der Waals surface area (Å²) in [5.41, 5.74) is 1.73. The van der Waals surface area contributed by atoms with Gasteiger partial charge in [-0.25, -0.2) is 19.6 Å². The van der Waals surface area contributed by atoms with Gasteiger partial charge in [0.25, 0.3) is 0 Å². The highest BCUT2D eigenvalue weighted by Crippen LogP contribution is 2.46. The van der Waals surface area contributed by atoms with Crippen molar-refractivity contribution in [3.63, 3.8) is 0 Å². The Morgan fingerprint density at radius 1 is 0.656 bits per heavy atom. The number of hydrogen-bond donors (Lipinski definition) is 0. The van der Waals surface area contributed by atoms with Crippen molar-refractivity contribution < 1.29 is 9.59 Å². The molecule has 0 aromatic heterocycles. The van der Waals surface area contributed by atoms with Crippen molar-refractivity contribution >= 4 is 35.3 Å². The third-order valence-electron chi connectivity index (χ3n) is 6.01. The van der Waals surface area contributed by atoms with Gasteiger partial charge in [0.15, 0.2) is 12.3 Å². The molecule has 0 aliphatic carbocycles. The molecule has 2 atom stereocenters. The normalized spacial score (nSPS) is 20.5. The molecule has 6 nitrogen and oxygen atoms in total. The van der Waals surface area contributed by atoms with E-state index in [1.54, 1.807) is 44.1 Å². The van der Waals surface area contributed by atoms with Crippen molar-refractivity contribution in [2.24, 2.45) is 0 Å². The molecule has 0 bridgehead atoms. The Morgan fingerprint density at radius 3 is 1.31 bits per heavy atom. The average Bonchev–Trinajstić information content (AvgIpc) is 3.23. The summed E-state index contributed by atoms with van der Waals surface area (Å²) < 4.78 is 0. The zero-order chi connectivity index (χ0) is 22.8. The van der Waals surface area contributed by atoms with Crippen molar-refractivity contribution in [3.05, 3.63) is 69.7 Å². The second kappa shape index (κ2) is 9.59. The largest absolute Gasteiger partial charge is 0.343 e. The van der Waals surface area contributed by atoms with E-state index in [1.807, 2.05) is 24.3 Å². The van der Waals surface area contributed by atoms with E-state index in [9.17, 15) is 9.59 Å². The highest BCUT2D eigenvalue weighted by atomic mass is 35.5. The topological polar surface area (TPSA) is 47.1 Å². The van der Waals surface area contributed by atoms with Gasteiger partial charge in [0.05, 0.1) is 0 Å². The van der Waals surface area contributed by atoms with Gasteiger partial charge < -0.3 is 0 Å². The lowest BCUT2D eigenvalue weighted by Crippen LogP contribution is -2.40. The van der Waals surface area contributed by atoms with Gasteiger partial charge in [-0.2, -0.15) is 0 Å². The van der Waals surface area contributed by atoms with Gasteiger partial charge in [-0.1, -0.05) is 74.2 Å². The maximum absolute atomic E-state index is 13.7. The molecule has 8 heteroatoms. The molecule has 4 rings (SSSR count). The van der Waals surface area contributed by atoms with E-state index in [0.29, 0.717) is 23.1 Å². The highest BCUT2D eigenvalue weighted by Gasteiger charge is 2.58. The predicted octanol–water partition coefficient (Wildman–Crippen LogP) is 6.68. The minimum absolute atomic E-state index is 0.161. The SMILES string of the molecule is CCCCN1C(=O)N2[C@@H](c3ccc(Cl)cc3)N(CCCC)C(=O)N2[C@@H]1c1ccc(Cl)cc1. The van der Waals surface area contributed by atoms with Crippen molar-refractivity contribution in [1.29, 1.82) is 0 Å². The number of benzene rings is 2. The Hall–Kier alpha value is -2.44. The second-order valence-electron chi connectivity index (χ2n) is 8.20. The zero-order valence-electron chi connectivity index (χ0n) is 18.4. The van der Waals surface area contributed by atoms with Gasteiger partial charge in [-0.15, -0.1) is 0 Å². The summed E-state index contributed by atoms with van der Waals surface area (Å²) in [5, 5.41) is 4.48. The Bertz CT molecular complexity index is 887. The molecule has 2 aliphatic heterocycles. The number of rotatable bonds is 8. The lowest BCUT2D eigenvalue weighted by molar-refractivity contribution is 0.0512. The number of nitrogens with zero attached hydrogens (tertiary/aromatic N) is 4. The molecule has 32 heavy (non-hydrogen) atoms. The predicted molar refractivity (Wildman–Crippen MR) is 126 cm³/mol. The third-order valence-corrected chi connectivity index (χ3v) is 6.51. The first-order valence-corrected chi connectivity index (χ1v) is 11.9. The number of fused-ring (bicyclic) bond motifs is 1. The lowest BCUT2D eigenvalue weighted by atomic mass is 10.1. The number of urea groups is 2. The van der Waals surface area contributed by atoms with Gasteiger partial charge >= 0.3 is 12.1 Å². The number of hydrogen-bond acceptors (Lipinski definition) is 2. The molecular formula is C24H28Cl2N4O2. The fourth-order valence-electron chi connectivity index (χ4n) is 4.37. The maximum Gasteiger partial charge on any atom is 0.343 e. The van der Waals surface area contributed by atoms with Crippen LogP contribution in [-0.4, -0.2) is 45.0 Å². The van der Waals surface area contributed by atoms with Gasteiger partial charge in [-0.3, -0.25) is 9.80 Å². The van der Waals surface area contributed by atoms with Crippen molar-refractivity contribution in [2.75, 3.05) is 13.1 Å². The number of carbonyl (C=O) groups excluding carboxylic acids is 2. The summed E-state index contributed by atoms with van der Waals surface area (Å²) in [7, 11) is 0. The first-order valence-electron chi connectivity index (χ1n) is 11.2. The number of hydrazine groups is 1. The third kappa shape index (κ3) is 4.02. The number of amides is 4. The molecule has 2 heterocycles. The van der Waals surface area contributed by atoms with Crippen LogP contribution in [0.15, 0.2) is 48.5 Å². The molecule has 2 aromatic rings. The van der Waals surface area contributed by atoms with Gasteiger partial charge in [0.1, 0.15) is 0 Å². The van der Waals surface area contributed by atoms with E-state index in [2.05, 4.69) is 13.8 Å². The summed E-state index contributed by atoms with van der Waals surface area (Å²) in [4.78, 5) is 31.1. The molecule has 0 saturated carbocycles. The van der Waals surface area contributed by atoms with Crippen LogP contribution < -0.4 is 0 Å². The van der Waals surface area contributed by atoms with Crippen LogP contribution in [0.5, 0.6) is 0 Å². The molecule has 2 aliphatic rings. The smallest absolute Gasteiger partial charge is 0.297 e. The summed E-state index contributed by atoms with van der Waals surface area (Å²) >= 11 is 12.2. The van der Waals surface area contributed by atoms with Gasteiger partial charge in [0.2, 0.25) is 0 Å². The lowest BCUT2D eigenvalue weighted by Gasteiger charge is -2.29. The van der Waals surface area contributed by atoms with E-state index in [0.717, 1.165) is 36.8 Å². The molecular weight excluding hydrogens is 447 g/mol. The Kier molecular flexibility index (Phi) is 6.82. The van der Waals surface area contributed by atoms with E-state index in [1.165, 1.54) is 0 Å². The quantitative estimate of drug-likeness (QED) is 0.428. The molecule has 0 radical (unpaired) electrons. The Balaban J connectivity index is 1.79. The van der Waals surface area contributed by atoms with Crippen molar-refractivity contribution in [1.82, 2.24) is 19.8 Å². The molecule has 170 valence electrons. The molecule has 2 aromatic carbocycles. The average molecular weight is 475 g/mol. The van der Waals surface area contributed by atoms with Crippen LogP contribution >= 0.6 is 23.2 Å². The molecule has 0 spiro atoms. The summed E-state index contributed by atoms with van der Waals surface area (Å²) in [5.74, 6) is 0. The molecule has 4 amide bonds. The van der Waals surface area contributed by atoms with Crippen LogP contribution in [0.2, 0.25) is 10.0 Å². The Morgan fingerprint density at radius 2 is 1.00 bits per heavy atom. The van der Waals surface area contributed by atoms with Crippen LogP contribution in [0.1, 0.15) is 63.0 Å². The summed E-state index contributed by atoms with van der Waals surface area (Å²) in [6.07, 6.45) is 2.62. The van der Waals surface area contributed by atoms with Crippen molar-refractivity contribution in [3.8, 4) is 0 Å². The highest BCUT2D eigenvalue weighted by molar-refractivity contribution is 6.30. The molecule has 2 fully saturated rings. The Labute approximate surface area is 199 Å². The molecule has 2 saturated heterocycles. The molecule has 0 unspecified atom stereocenters. The van der Waals surface area contributed by atoms with Crippen LogP contribution in [0, 0.1) is 0 Å². The first kappa shape index (κ1) is 22.7. The molecule has 0 N–H and O–H groups in total. The first-order chi connectivity index (χ1) is 15.5. The maximum atomic E-state index is 13.7. The van der Waals surface area contributed by atoms with Crippen molar-refractivity contribution in [2.45, 2.75) is 51.9 Å².